The number of hydrogen-bond donors (Lipinski definition) is 4. The molecule has 4 N–H and O–H groups in total. The Morgan fingerprint density at radius 3 is 2.35 bits per heavy atom. The predicted molar refractivity (Wildman–Crippen MR) is 63.1 cm³/mol. The molecular formula is C12H16N2O3. The van der Waals surface area contributed by atoms with Gasteiger partial charge in [-0.3, -0.25) is 4.79 Å². The van der Waals surface area contributed by atoms with E-state index in [0.29, 0.717) is 0 Å². The van der Waals surface area contributed by atoms with Crippen molar-refractivity contribution in [1.29, 1.82) is 0 Å². The minimum Gasteiger partial charge on any atom is -0.508 e. The maximum absolute atomic E-state index is 11.9. The fourth-order valence-corrected chi connectivity index (χ4v) is 1.96. The van der Waals surface area contributed by atoms with Crippen LogP contribution in [0.3, 0.4) is 0 Å². The van der Waals surface area contributed by atoms with E-state index in [9.17, 15) is 15.0 Å². The molecule has 1 amide bonds. The Morgan fingerprint density at radius 2 is 1.76 bits per heavy atom. The molecule has 1 fully saturated rings. The summed E-state index contributed by atoms with van der Waals surface area (Å²) in [5, 5.41) is 24.7. The van der Waals surface area contributed by atoms with Gasteiger partial charge in [-0.2, -0.15) is 0 Å². The van der Waals surface area contributed by atoms with Crippen LogP contribution in [0.15, 0.2) is 18.2 Å². The molecule has 0 aromatic heterocycles. The van der Waals surface area contributed by atoms with Gasteiger partial charge in [0.1, 0.15) is 11.5 Å². The van der Waals surface area contributed by atoms with Gasteiger partial charge in [-0.1, -0.05) is 0 Å². The molecule has 0 aliphatic carbocycles. The monoisotopic (exact) mass is 236 g/mol. The van der Waals surface area contributed by atoms with Gasteiger partial charge in [0.25, 0.3) is 5.91 Å². The van der Waals surface area contributed by atoms with Crippen LogP contribution in [-0.2, 0) is 0 Å². The second kappa shape index (κ2) is 5.05. The van der Waals surface area contributed by atoms with Crippen LogP contribution in [0.5, 0.6) is 11.5 Å². The first-order valence-corrected chi connectivity index (χ1v) is 5.70. The van der Waals surface area contributed by atoms with E-state index in [-0.39, 0.29) is 29.0 Å². The molecule has 0 unspecified atom stereocenters. The quantitative estimate of drug-likeness (QED) is 0.605. The highest BCUT2D eigenvalue weighted by Gasteiger charge is 2.16. The molecule has 5 heteroatoms. The Morgan fingerprint density at radius 1 is 1.18 bits per heavy atom. The highest BCUT2D eigenvalue weighted by atomic mass is 16.3. The smallest absolute Gasteiger partial charge is 0.251 e. The van der Waals surface area contributed by atoms with Crippen molar-refractivity contribution in [2.45, 2.75) is 18.9 Å². The van der Waals surface area contributed by atoms with Crippen LogP contribution < -0.4 is 10.6 Å². The number of carbonyl (C=O) groups is 1. The Kier molecular flexibility index (Phi) is 3.49. The number of benzene rings is 1. The van der Waals surface area contributed by atoms with Crippen molar-refractivity contribution in [2.24, 2.45) is 0 Å². The lowest BCUT2D eigenvalue weighted by Gasteiger charge is -2.23. The van der Waals surface area contributed by atoms with Gasteiger partial charge in [0.05, 0.1) is 0 Å². The number of piperidine rings is 1. The van der Waals surface area contributed by atoms with Crippen molar-refractivity contribution in [2.75, 3.05) is 13.1 Å². The topological polar surface area (TPSA) is 81.6 Å². The second-order valence-electron chi connectivity index (χ2n) is 4.24. The fourth-order valence-electron chi connectivity index (χ4n) is 1.96. The van der Waals surface area contributed by atoms with Gasteiger partial charge >= 0.3 is 0 Å². The van der Waals surface area contributed by atoms with Crippen LogP contribution in [0.4, 0.5) is 0 Å². The fraction of sp³-hybridized carbons (Fsp3) is 0.417. The summed E-state index contributed by atoms with van der Waals surface area (Å²) in [6.07, 6.45) is 1.80. The molecular weight excluding hydrogens is 220 g/mol. The molecule has 1 aromatic rings. The van der Waals surface area contributed by atoms with Crippen LogP contribution >= 0.6 is 0 Å². The summed E-state index contributed by atoms with van der Waals surface area (Å²) in [6, 6.07) is 4.04. The normalized spacial score (nSPS) is 16.7. The Bertz CT molecular complexity index is 394. The largest absolute Gasteiger partial charge is 0.508 e. The van der Waals surface area contributed by atoms with Crippen molar-refractivity contribution < 1.29 is 15.0 Å². The molecule has 1 aromatic carbocycles. The molecule has 0 spiro atoms. The minimum absolute atomic E-state index is 0.111. The van der Waals surface area contributed by atoms with Crippen LogP contribution in [0.25, 0.3) is 0 Å². The number of phenolic OH excluding ortho intramolecular Hbond substituents is 2. The zero-order valence-corrected chi connectivity index (χ0v) is 9.44. The summed E-state index contributed by atoms with van der Waals surface area (Å²) in [4.78, 5) is 11.9. The van der Waals surface area contributed by atoms with Crippen molar-refractivity contribution in [1.82, 2.24) is 10.6 Å². The van der Waals surface area contributed by atoms with Gasteiger partial charge in [0, 0.05) is 17.7 Å². The van der Waals surface area contributed by atoms with Gasteiger partial charge < -0.3 is 20.8 Å². The number of carbonyl (C=O) groups excluding carboxylic acids is 1. The van der Waals surface area contributed by atoms with Crippen molar-refractivity contribution in [3.8, 4) is 11.5 Å². The van der Waals surface area contributed by atoms with Crippen molar-refractivity contribution in [3.05, 3.63) is 23.8 Å². The molecule has 0 atom stereocenters. The summed E-state index contributed by atoms with van der Waals surface area (Å²) in [5.74, 6) is -0.482. The number of amides is 1. The molecule has 1 aliphatic heterocycles. The van der Waals surface area contributed by atoms with E-state index in [4.69, 9.17) is 0 Å². The number of hydrogen-bond acceptors (Lipinski definition) is 4. The van der Waals surface area contributed by atoms with E-state index in [1.807, 2.05) is 0 Å². The van der Waals surface area contributed by atoms with Crippen LogP contribution in [0.2, 0.25) is 0 Å². The van der Waals surface area contributed by atoms with E-state index < -0.39 is 0 Å². The lowest BCUT2D eigenvalue weighted by Crippen LogP contribution is -2.42. The number of aromatic hydroxyl groups is 2. The Hall–Kier alpha value is -1.75. The highest BCUT2D eigenvalue weighted by Crippen LogP contribution is 2.20. The average molecular weight is 236 g/mol. The van der Waals surface area contributed by atoms with E-state index in [1.54, 1.807) is 0 Å². The van der Waals surface area contributed by atoms with Crippen LogP contribution in [0, 0.1) is 0 Å². The van der Waals surface area contributed by atoms with Gasteiger partial charge in [-0.25, -0.2) is 0 Å². The zero-order valence-electron chi connectivity index (χ0n) is 9.44. The SMILES string of the molecule is O=C(NC1CCNCC1)c1cc(O)cc(O)c1. The highest BCUT2D eigenvalue weighted by molar-refractivity contribution is 5.95. The van der Waals surface area contributed by atoms with E-state index in [0.717, 1.165) is 25.9 Å². The maximum atomic E-state index is 11.9. The standard InChI is InChI=1S/C12H16N2O3/c15-10-5-8(6-11(16)7-10)12(17)14-9-1-3-13-4-2-9/h5-7,9,13,15-16H,1-4H2,(H,14,17). The third-order valence-corrected chi connectivity index (χ3v) is 2.84. The summed E-state index contributed by atoms with van der Waals surface area (Å²) in [6.45, 7) is 1.80. The van der Waals surface area contributed by atoms with E-state index in [2.05, 4.69) is 10.6 Å². The van der Waals surface area contributed by atoms with Gasteiger partial charge in [0.15, 0.2) is 0 Å². The van der Waals surface area contributed by atoms with Gasteiger partial charge in [-0.05, 0) is 38.1 Å². The molecule has 0 radical (unpaired) electrons. The third-order valence-electron chi connectivity index (χ3n) is 2.84. The number of rotatable bonds is 2. The first-order chi connectivity index (χ1) is 8.15. The molecule has 0 saturated carbocycles. The average Bonchev–Trinajstić information content (AvgIpc) is 2.29. The lowest BCUT2D eigenvalue weighted by molar-refractivity contribution is 0.0928. The van der Waals surface area contributed by atoms with Gasteiger partial charge in [0.2, 0.25) is 0 Å². The molecule has 1 saturated heterocycles. The van der Waals surface area contributed by atoms with Crippen LogP contribution in [0.1, 0.15) is 23.2 Å². The molecule has 92 valence electrons. The summed E-state index contributed by atoms with van der Waals surface area (Å²) >= 11 is 0. The van der Waals surface area contributed by atoms with Crippen molar-refractivity contribution in [3.63, 3.8) is 0 Å². The minimum atomic E-state index is -0.261. The predicted octanol–water partition coefficient (Wildman–Crippen LogP) is 0.580. The van der Waals surface area contributed by atoms with Crippen LogP contribution in [-0.4, -0.2) is 35.3 Å². The number of phenols is 2. The van der Waals surface area contributed by atoms with E-state index >= 15 is 0 Å². The first kappa shape index (κ1) is 11.7. The molecule has 2 rings (SSSR count). The molecule has 0 bridgehead atoms. The van der Waals surface area contributed by atoms with Crippen molar-refractivity contribution >= 4 is 5.91 Å². The summed E-state index contributed by atoms with van der Waals surface area (Å²) in [7, 11) is 0. The molecule has 1 heterocycles. The van der Waals surface area contributed by atoms with Gasteiger partial charge in [-0.15, -0.1) is 0 Å². The molecule has 1 aliphatic rings. The van der Waals surface area contributed by atoms with E-state index in [1.165, 1.54) is 18.2 Å². The summed E-state index contributed by atoms with van der Waals surface area (Å²) < 4.78 is 0. The molecule has 17 heavy (non-hydrogen) atoms. The second-order valence-corrected chi connectivity index (χ2v) is 4.24. The number of nitrogens with one attached hydrogen (secondary N) is 2. The maximum Gasteiger partial charge on any atom is 0.251 e. The first-order valence-electron chi connectivity index (χ1n) is 5.70. The Labute approximate surface area is 99.5 Å². The lowest BCUT2D eigenvalue weighted by atomic mass is 10.1. The third kappa shape index (κ3) is 3.10. The Balaban J connectivity index is 2.03. The zero-order chi connectivity index (χ0) is 12.3. The summed E-state index contributed by atoms with van der Waals surface area (Å²) in [5.41, 5.74) is 0.279. The molecule has 5 nitrogen and oxygen atoms in total.